The minimum atomic E-state index is -0.195. The number of piperazine rings is 1. The van der Waals surface area contributed by atoms with Crippen LogP contribution in [-0.2, 0) is 16.0 Å². The molecule has 0 unspecified atom stereocenters. The first kappa shape index (κ1) is 20.0. The number of aromatic amines is 1. The Hall–Kier alpha value is -3.33. The van der Waals surface area contributed by atoms with Crippen LogP contribution in [0, 0.1) is 0 Å². The van der Waals surface area contributed by atoms with E-state index in [1.54, 1.807) is 30.7 Å². The second kappa shape index (κ2) is 9.45. The zero-order chi connectivity index (χ0) is 20.8. The molecular formula is C21H24N6O3. The summed E-state index contributed by atoms with van der Waals surface area (Å²) in [5.41, 5.74) is 0.816. The minimum absolute atomic E-state index is 0.101. The minimum Gasteiger partial charge on any atom is -0.381 e. The van der Waals surface area contributed by atoms with Crippen molar-refractivity contribution in [2.24, 2.45) is 0 Å². The zero-order valence-corrected chi connectivity index (χ0v) is 16.7. The number of hydrogen-bond acceptors (Lipinski definition) is 7. The van der Waals surface area contributed by atoms with Crippen molar-refractivity contribution >= 4 is 22.6 Å². The van der Waals surface area contributed by atoms with Crippen LogP contribution in [0.3, 0.4) is 0 Å². The van der Waals surface area contributed by atoms with E-state index in [1.807, 2.05) is 17.0 Å². The van der Waals surface area contributed by atoms with Gasteiger partial charge in [-0.15, -0.1) is 0 Å². The number of anilines is 1. The Morgan fingerprint density at radius 3 is 2.63 bits per heavy atom. The molecule has 1 amide bonds. The van der Waals surface area contributed by atoms with Gasteiger partial charge in [-0.3, -0.25) is 9.59 Å². The number of amides is 1. The van der Waals surface area contributed by atoms with Crippen molar-refractivity contribution < 1.29 is 9.53 Å². The lowest BCUT2D eigenvalue weighted by atomic mass is 10.1. The fourth-order valence-electron chi connectivity index (χ4n) is 3.61. The normalized spacial score (nSPS) is 14.3. The summed E-state index contributed by atoms with van der Waals surface area (Å²) >= 11 is 0. The van der Waals surface area contributed by atoms with Gasteiger partial charge >= 0.3 is 0 Å². The van der Waals surface area contributed by atoms with Gasteiger partial charge in [0.2, 0.25) is 11.9 Å². The number of fused-ring (bicyclic) bond motifs is 1. The molecule has 9 nitrogen and oxygen atoms in total. The van der Waals surface area contributed by atoms with Crippen LogP contribution >= 0.6 is 0 Å². The third-order valence-electron chi connectivity index (χ3n) is 5.24. The van der Waals surface area contributed by atoms with E-state index < -0.39 is 0 Å². The van der Waals surface area contributed by atoms with E-state index in [-0.39, 0.29) is 11.5 Å². The first-order valence-corrected chi connectivity index (χ1v) is 10.0. The van der Waals surface area contributed by atoms with E-state index in [0.717, 1.165) is 24.0 Å². The molecule has 30 heavy (non-hydrogen) atoms. The number of hydrogen-bond donors (Lipinski definition) is 1. The summed E-state index contributed by atoms with van der Waals surface area (Å²) in [6.07, 6.45) is 6.13. The highest BCUT2D eigenvalue weighted by molar-refractivity contribution is 5.83. The van der Waals surface area contributed by atoms with Crippen LogP contribution in [0.5, 0.6) is 0 Å². The van der Waals surface area contributed by atoms with Gasteiger partial charge in [0.1, 0.15) is 0 Å². The Balaban J connectivity index is 1.19. The predicted octanol–water partition coefficient (Wildman–Crippen LogP) is 1.01. The first-order valence-electron chi connectivity index (χ1n) is 10.0. The van der Waals surface area contributed by atoms with Crippen molar-refractivity contribution in [2.75, 3.05) is 44.3 Å². The zero-order valence-electron chi connectivity index (χ0n) is 16.7. The van der Waals surface area contributed by atoms with Gasteiger partial charge in [-0.05, 0) is 24.1 Å². The van der Waals surface area contributed by atoms with Gasteiger partial charge in [-0.1, -0.05) is 12.1 Å². The Morgan fingerprint density at radius 1 is 1.03 bits per heavy atom. The SMILES string of the molecule is O=C(CCOCCc1cccc2c(=O)[nH]ncc12)N1CCN(c2ncccn2)CC1. The van der Waals surface area contributed by atoms with E-state index in [2.05, 4.69) is 25.1 Å². The molecule has 0 atom stereocenters. The van der Waals surface area contributed by atoms with Gasteiger partial charge < -0.3 is 14.5 Å². The van der Waals surface area contributed by atoms with E-state index in [4.69, 9.17) is 4.74 Å². The standard InChI is InChI=1S/C21H24N6O3/c28-19(26-9-11-27(12-10-26)21-22-7-2-8-23-21)6-14-30-13-5-16-3-1-4-17-18(16)15-24-25-20(17)29/h1-4,7-8,15H,5-6,9-14H2,(H,25,29). The maximum atomic E-state index is 12.4. The summed E-state index contributed by atoms with van der Waals surface area (Å²) < 4.78 is 5.68. The van der Waals surface area contributed by atoms with Gasteiger partial charge in [0.25, 0.3) is 5.56 Å². The monoisotopic (exact) mass is 408 g/mol. The molecule has 0 spiro atoms. The maximum absolute atomic E-state index is 12.4. The molecule has 0 saturated carbocycles. The summed E-state index contributed by atoms with van der Waals surface area (Å²) in [5.74, 6) is 0.808. The van der Waals surface area contributed by atoms with Crippen molar-refractivity contribution in [2.45, 2.75) is 12.8 Å². The second-order valence-corrected chi connectivity index (χ2v) is 7.11. The van der Waals surface area contributed by atoms with Crippen LogP contribution in [0.1, 0.15) is 12.0 Å². The van der Waals surface area contributed by atoms with E-state index in [1.165, 1.54) is 0 Å². The molecule has 0 radical (unpaired) electrons. The Bertz CT molecular complexity index is 1050. The van der Waals surface area contributed by atoms with Crippen LogP contribution in [-0.4, -0.2) is 70.4 Å². The third-order valence-corrected chi connectivity index (χ3v) is 5.24. The lowest BCUT2D eigenvalue weighted by Crippen LogP contribution is -2.49. The number of H-pyrrole nitrogens is 1. The molecule has 0 bridgehead atoms. The molecule has 0 aliphatic carbocycles. The van der Waals surface area contributed by atoms with Gasteiger partial charge in [0.15, 0.2) is 0 Å². The van der Waals surface area contributed by atoms with Crippen LogP contribution in [0.25, 0.3) is 10.8 Å². The molecule has 1 aromatic carbocycles. The van der Waals surface area contributed by atoms with Crippen LogP contribution < -0.4 is 10.5 Å². The predicted molar refractivity (Wildman–Crippen MR) is 112 cm³/mol. The maximum Gasteiger partial charge on any atom is 0.272 e. The van der Waals surface area contributed by atoms with Crippen LogP contribution in [0.2, 0.25) is 0 Å². The van der Waals surface area contributed by atoms with Crippen molar-refractivity contribution in [3.05, 3.63) is 58.8 Å². The smallest absolute Gasteiger partial charge is 0.272 e. The number of carbonyl (C=O) groups is 1. The number of aromatic nitrogens is 4. The van der Waals surface area contributed by atoms with Crippen molar-refractivity contribution in [1.82, 2.24) is 25.1 Å². The average Bonchev–Trinajstić information content (AvgIpc) is 2.80. The van der Waals surface area contributed by atoms with Crippen molar-refractivity contribution in [1.29, 1.82) is 0 Å². The van der Waals surface area contributed by atoms with Crippen LogP contribution in [0.15, 0.2) is 47.7 Å². The molecule has 2 aromatic heterocycles. The van der Waals surface area contributed by atoms with Gasteiger partial charge in [0.05, 0.1) is 31.2 Å². The summed E-state index contributed by atoms with van der Waals surface area (Å²) in [4.78, 5) is 36.7. The molecule has 9 heteroatoms. The summed E-state index contributed by atoms with van der Waals surface area (Å²) in [7, 11) is 0. The van der Waals surface area contributed by atoms with E-state index in [0.29, 0.717) is 50.5 Å². The topological polar surface area (TPSA) is 104 Å². The Kier molecular flexibility index (Phi) is 6.29. The quantitative estimate of drug-likeness (QED) is 0.582. The lowest BCUT2D eigenvalue weighted by molar-refractivity contribution is -0.132. The number of ether oxygens (including phenoxy) is 1. The van der Waals surface area contributed by atoms with E-state index >= 15 is 0 Å². The molecule has 1 fully saturated rings. The molecular weight excluding hydrogens is 384 g/mol. The number of benzene rings is 1. The highest BCUT2D eigenvalue weighted by Gasteiger charge is 2.22. The molecule has 3 aromatic rings. The summed E-state index contributed by atoms with van der Waals surface area (Å²) in [6, 6.07) is 7.40. The lowest BCUT2D eigenvalue weighted by Gasteiger charge is -2.34. The molecule has 1 aliphatic rings. The first-order chi connectivity index (χ1) is 14.7. The second-order valence-electron chi connectivity index (χ2n) is 7.11. The number of carbonyl (C=O) groups excluding carboxylic acids is 1. The highest BCUT2D eigenvalue weighted by atomic mass is 16.5. The molecule has 3 heterocycles. The molecule has 1 aliphatic heterocycles. The van der Waals surface area contributed by atoms with Gasteiger partial charge in [-0.25, -0.2) is 15.1 Å². The average molecular weight is 408 g/mol. The number of nitrogens with one attached hydrogen (secondary N) is 1. The Labute approximate surface area is 173 Å². The Morgan fingerprint density at radius 2 is 1.83 bits per heavy atom. The third kappa shape index (κ3) is 4.62. The van der Waals surface area contributed by atoms with Gasteiger partial charge in [0, 0.05) is 44.0 Å². The molecule has 4 rings (SSSR count). The highest BCUT2D eigenvalue weighted by Crippen LogP contribution is 2.15. The van der Waals surface area contributed by atoms with Gasteiger partial charge in [-0.2, -0.15) is 5.10 Å². The molecule has 156 valence electrons. The van der Waals surface area contributed by atoms with Crippen molar-refractivity contribution in [3.8, 4) is 0 Å². The fourth-order valence-corrected chi connectivity index (χ4v) is 3.61. The number of nitrogens with zero attached hydrogens (tertiary/aromatic N) is 5. The molecule has 1 saturated heterocycles. The van der Waals surface area contributed by atoms with Crippen LogP contribution in [0.4, 0.5) is 5.95 Å². The number of rotatable bonds is 7. The largest absolute Gasteiger partial charge is 0.381 e. The fraction of sp³-hybridized carbons (Fsp3) is 0.381. The van der Waals surface area contributed by atoms with E-state index in [9.17, 15) is 9.59 Å². The summed E-state index contributed by atoms with van der Waals surface area (Å²) in [6.45, 7) is 3.64. The molecule has 1 N–H and O–H groups in total. The summed E-state index contributed by atoms with van der Waals surface area (Å²) in [5, 5.41) is 7.78. The van der Waals surface area contributed by atoms with Crippen molar-refractivity contribution in [3.63, 3.8) is 0 Å².